The molecular formula is C32H36FN7O2. The van der Waals surface area contributed by atoms with E-state index in [0.717, 1.165) is 49.4 Å². The van der Waals surface area contributed by atoms with E-state index in [1.54, 1.807) is 0 Å². The Morgan fingerprint density at radius 3 is 2.79 bits per heavy atom. The van der Waals surface area contributed by atoms with E-state index in [0.29, 0.717) is 32.3 Å². The maximum Gasteiger partial charge on any atom is 0.318 e. The Morgan fingerprint density at radius 1 is 1.19 bits per heavy atom. The zero-order valence-corrected chi connectivity index (χ0v) is 24.0. The molecule has 2 saturated heterocycles. The molecule has 0 spiro atoms. The van der Waals surface area contributed by atoms with Crippen molar-refractivity contribution in [3.8, 4) is 6.01 Å². The number of hydrogen-bond donors (Lipinski definition) is 1. The van der Waals surface area contributed by atoms with E-state index in [2.05, 4.69) is 69.9 Å². The molecule has 0 aliphatic carbocycles. The van der Waals surface area contributed by atoms with E-state index in [4.69, 9.17) is 21.3 Å². The number of anilines is 2. The number of piperazine rings is 1. The van der Waals surface area contributed by atoms with Crippen LogP contribution in [0.1, 0.15) is 29.7 Å². The second-order valence-corrected chi connectivity index (χ2v) is 11.3. The molecule has 1 N–H and O–H groups in total. The number of nitrogens with zero attached hydrogens (tertiary/aromatic N) is 6. The highest BCUT2D eigenvalue weighted by Crippen LogP contribution is 2.36. The van der Waals surface area contributed by atoms with Gasteiger partial charge in [0.05, 0.1) is 12.2 Å². The smallest absolute Gasteiger partial charge is 0.318 e. The first-order chi connectivity index (χ1) is 20.4. The lowest BCUT2D eigenvalue weighted by atomic mass is 9.99. The topological polar surface area (TPSA) is 78.2 Å². The molecule has 218 valence electrons. The van der Waals surface area contributed by atoms with Crippen LogP contribution in [0.3, 0.4) is 0 Å². The van der Waals surface area contributed by atoms with Crippen LogP contribution in [0, 0.1) is 13.5 Å². The number of ether oxygens (including phenoxy) is 1. The number of amides is 1. The number of rotatable bonds is 7. The Bertz CT molecular complexity index is 1540. The Morgan fingerprint density at radius 2 is 2.02 bits per heavy atom. The highest BCUT2D eigenvalue weighted by molar-refractivity contribution is 5.97. The number of carbonyl (C=O) groups excluding carboxylic acids is 1. The lowest BCUT2D eigenvalue weighted by Gasteiger charge is -2.41. The second kappa shape index (κ2) is 11.9. The molecule has 1 amide bonds. The van der Waals surface area contributed by atoms with Crippen molar-refractivity contribution in [3.63, 3.8) is 0 Å². The van der Waals surface area contributed by atoms with Gasteiger partial charge in [0, 0.05) is 48.9 Å². The van der Waals surface area contributed by atoms with Gasteiger partial charge in [-0.15, -0.1) is 0 Å². The standard InChI is InChI=1S/C32H36FN7O2/c1-21-7-4-8-23-9-5-11-28(29(21)23)38-14-12-26-27(19-38)36-32(42-20-24-10-6-13-35-24)37-30(26)39-15-16-40(31(41)22(2)33)25(18-39)17-34-3/h4-5,7-9,11,24-25,35H,2,6,10,12-20H2,1H3/t24-,25-/m0/s1. The lowest BCUT2D eigenvalue weighted by molar-refractivity contribution is -0.131. The van der Waals surface area contributed by atoms with E-state index in [1.165, 1.54) is 26.9 Å². The van der Waals surface area contributed by atoms with Crippen LogP contribution in [0.5, 0.6) is 6.01 Å². The van der Waals surface area contributed by atoms with E-state index < -0.39 is 17.8 Å². The molecule has 2 aromatic carbocycles. The van der Waals surface area contributed by atoms with Crippen molar-refractivity contribution in [1.29, 1.82) is 0 Å². The van der Waals surface area contributed by atoms with Crippen LogP contribution >= 0.6 is 0 Å². The zero-order chi connectivity index (χ0) is 29.2. The van der Waals surface area contributed by atoms with Gasteiger partial charge < -0.3 is 29.6 Å². The molecular weight excluding hydrogens is 533 g/mol. The summed E-state index contributed by atoms with van der Waals surface area (Å²) in [4.78, 5) is 31.8. The number of fused-ring (bicyclic) bond motifs is 2. The second-order valence-electron chi connectivity index (χ2n) is 11.3. The molecule has 0 saturated carbocycles. The molecule has 6 rings (SSSR count). The molecule has 9 nitrogen and oxygen atoms in total. The summed E-state index contributed by atoms with van der Waals surface area (Å²) in [6.07, 6.45) is 2.92. The molecule has 10 heteroatoms. The van der Waals surface area contributed by atoms with Crippen molar-refractivity contribution in [2.24, 2.45) is 0 Å². The molecule has 1 aromatic heterocycles. The molecule has 3 aliphatic rings. The number of aromatic nitrogens is 2. The van der Waals surface area contributed by atoms with Crippen molar-refractivity contribution >= 4 is 28.2 Å². The van der Waals surface area contributed by atoms with Crippen LogP contribution in [0.25, 0.3) is 15.6 Å². The van der Waals surface area contributed by atoms with Gasteiger partial charge in [-0.25, -0.2) is 11.0 Å². The molecule has 3 aromatic rings. The number of carbonyl (C=O) groups is 1. The van der Waals surface area contributed by atoms with Crippen LogP contribution in [0.2, 0.25) is 0 Å². The van der Waals surface area contributed by atoms with Crippen molar-refractivity contribution in [2.45, 2.75) is 44.8 Å². The van der Waals surface area contributed by atoms with Crippen molar-refractivity contribution in [2.75, 3.05) is 55.7 Å². The van der Waals surface area contributed by atoms with Gasteiger partial charge in [0.25, 0.3) is 5.91 Å². The summed E-state index contributed by atoms with van der Waals surface area (Å²) >= 11 is 0. The molecule has 0 unspecified atom stereocenters. The third-order valence-corrected chi connectivity index (χ3v) is 8.61. The summed E-state index contributed by atoms with van der Waals surface area (Å²) in [6, 6.07) is 13.0. The number of hydrogen-bond acceptors (Lipinski definition) is 7. The van der Waals surface area contributed by atoms with Crippen LogP contribution in [0.4, 0.5) is 15.9 Å². The van der Waals surface area contributed by atoms with Crippen LogP contribution in [0.15, 0.2) is 48.8 Å². The first kappa shape index (κ1) is 27.9. The predicted octanol–water partition coefficient (Wildman–Crippen LogP) is 4.05. The molecule has 0 bridgehead atoms. The summed E-state index contributed by atoms with van der Waals surface area (Å²) in [5, 5.41) is 5.92. The van der Waals surface area contributed by atoms with E-state index in [9.17, 15) is 9.18 Å². The van der Waals surface area contributed by atoms with Gasteiger partial charge in [0.1, 0.15) is 18.5 Å². The summed E-state index contributed by atoms with van der Waals surface area (Å²) in [5.74, 6) is -0.968. The Balaban J connectivity index is 1.33. The Kier molecular flexibility index (Phi) is 7.94. The fraction of sp³-hybridized carbons (Fsp3) is 0.438. The molecule has 3 aliphatic heterocycles. The number of aryl methyl sites for hydroxylation is 1. The van der Waals surface area contributed by atoms with Crippen molar-refractivity contribution in [3.05, 3.63) is 77.0 Å². The Labute approximate surface area is 245 Å². The minimum atomic E-state index is -1.00. The van der Waals surface area contributed by atoms with Gasteiger partial charge in [0.2, 0.25) is 6.54 Å². The minimum absolute atomic E-state index is 0.0771. The summed E-state index contributed by atoms with van der Waals surface area (Å²) in [6.45, 7) is 16.9. The van der Waals surface area contributed by atoms with Crippen LogP contribution < -0.4 is 19.9 Å². The Hall–Kier alpha value is -4.23. The number of halogens is 1. The zero-order valence-electron chi connectivity index (χ0n) is 24.0. The minimum Gasteiger partial charge on any atom is -0.462 e. The molecule has 2 fully saturated rings. The van der Waals surface area contributed by atoms with E-state index in [-0.39, 0.29) is 19.1 Å². The van der Waals surface area contributed by atoms with Gasteiger partial charge >= 0.3 is 6.01 Å². The third-order valence-electron chi connectivity index (χ3n) is 8.61. The first-order valence-corrected chi connectivity index (χ1v) is 14.7. The van der Waals surface area contributed by atoms with E-state index in [1.807, 2.05) is 0 Å². The fourth-order valence-corrected chi connectivity index (χ4v) is 6.50. The summed E-state index contributed by atoms with van der Waals surface area (Å²) in [7, 11) is 0. The van der Waals surface area contributed by atoms with Gasteiger partial charge in [0.15, 0.2) is 5.83 Å². The maximum absolute atomic E-state index is 13.8. The average molecular weight is 570 g/mol. The third kappa shape index (κ3) is 5.49. The van der Waals surface area contributed by atoms with Crippen LogP contribution in [-0.2, 0) is 17.8 Å². The van der Waals surface area contributed by atoms with Crippen LogP contribution in [-0.4, -0.2) is 78.7 Å². The lowest BCUT2D eigenvalue weighted by Crippen LogP contribution is -2.57. The number of nitrogens with one attached hydrogen (secondary N) is 1. The highest BCUT2D eigenvalue weighted by Gasteiger charge is 2.36. The fourth-order valence-electron chi connectivity index (χ4n) is 6.50. The van der Waals surface area contributed by atoms with Gasteiger partial charge in [-0.05, 0) is 49.7 Å². The SMILES string of the molecule is [C-]#[N+]C[C@H]1CN(c2nc(OC[C@@H]3CCCN3)nc3c2CCN(c2cccc4cccc(C)c24)C3)CCN1C(=O)C(=C)F. The highest BCUT2D eigenvalue weighted by atomic mass is 19.1. The van der Waals surface area contributed by atoms with Crippen molar-refractivity contribution in [1.82, 2.24) is 20.2 Å². The maximum atomic E-state index is 13.8. The van der Waals surface area contributed by atoms with Gasteiger partial charge in [-0.1, -0.05) is 36.9 Å². The normalized spacial score (nSPS) is 20.4. The first-order valence-electron chi connectivity index (χ1n) is 14.7. The molecule has 4 heterocycles. The predicted molar refractivity (Wildman–Crippen MR) is 161 cm³/mol. The largest absolute Gasteiger partial charge is 0.462 e. The van der Waals surface area contributed by atoms with Crippen molar-refractivity contribution < 1.29 is 13.9 Å². The number of benzene rings is 2. The average Bonchev–Trinajstić information content (AvgIpc) is 3.53. The monoisotopic (exact) mass is 569 g/mol. The molecule has 0 radical (unpaired) electrons. The van der Waals surface area contributed by atoms with Gasteiger partial charge in [-0.3, -0.25) is 4.79 Å². The summed E-state index contributed by atoms with van der Waals surface area (Å²) < 4.78 is 20.0. The van der Waals surface area contributed by atoms with Gasteiger partial charge in [-0.2, -0.15) is 9.97 Å². The quantitative estimate of drug-likeness (QED) is 0.340. The summed E-state index contributed by atoms with van der Waals surface area (Å²) in [5.41, 5.74) is 4.40. The van der Waals surface area contributed by atoms with E-state index >= 15 is 0 Å². The molecule has 2 atom stereocenters. The molecule has 42 heavy (non-hydrogen) atoms.